The first-order chi connectivity index (χ1) is 13.0. The summed E-state index contributed by atoms with van der Waals surface area (Å²) in [5, 5.41) is 10.9. The number of benzene rings is 3. The molecule has 0 aliphatic heterocycles. The molecule has 1 N–H and O–H groups in total. The maximum absolute atomic E-state index is 13.0. The molecule has 3 nitrogen and oxygen atoms in total. The van der Waals surface area contributed by atoms with Gasteiger partial charge in [0.1, 0.15) is 0 Å². The van der Waals surface area contributed by atoms with E-state index in [0.29, 0.717) is 26.9 Å². The topological polar surface area (TPSA) is 46.5 Å². The Bertz CT molecular complexity index is 1060. The van der Waals surface area contributed by atoms with E-state index in [1.807, 2.05) is 36.4 Å². The number of ketones is 1. The van der Waals surface area contributed by atoms with Gasteiger partial charge in [-0.3, -0.25) is 4.79 Å². The quantitative estimate of drug-likeness (QED) is 0.462. The summed E-state index contributed by atoms with van der Waals surface area (Å²) < 4.78 is 5.10. The molecule has 0 saturated carbocycles. The molecule has 0 heterocycles. The molecule has 0 fully saturated rings. The number of phenols is 1. The molecule has 1 aliphatic carbocycles. The normalized spacial score (nSPS) is 12.4. The number of rotatable bonds is 2. The van der Waals surface area contributed by atoms with Crippen LogP contribution in [0.25, 0.3) is 11.6 Å². The maximum atomic E-state index is 13.0. The summed E-state index contributed by atoms with van der Waals surface area (Å²) >= 11 is 12.7. The summed E-state index contributed by atoms with van der Waals surface area (Å²) in [4.78, 5) is 13.0. The van der Waals surface area contributed by atoms with Gasteiger partial charge in [-0.1, -0.05) is 53.5 Å². The van der Waals surface area contributed by atoms with Crippen molar-refractivity contribution in [2.45, 2.75) is 0 Å². The largest absolute Gasteiger partial charge is 0.504 e. The van der Waals surface area contributed by atoms with Crippen LogP contribution < -0.4 is 4.74 Å². The van der Waals surface area contributed by atoms with Crippen LogP contribution in [0, 0.1) is 0 Å². The molecule has 3 aromatic carbocycles. The SMILES string of the molecule is COc1ccc(C=C2c3cccc(Cl)c3C(=O)c3c(Cl)cccc32)cc1O. The van der Waals surface area contributed by atoms with E-state index in [4.69, 9.17) is 27.9 Å². The molecule has 5 heteroatoms. The second kappa shape index (κ2) is 6.76. The first-order valence-electron chi connectivity index (χ1n) is 8.22. The highest BCUT2D eigenvalue weighted by Crippen LogP contribution is 2.42. The van der Waals surface area contributed by atoms with E-state index in [2.05, 4.69) is 0 Å². The van der Waals surface area contributed by atoms with Crippen LogP contribution in [0.5, 0.6) is 11.5 Å². The molecule has 0 aromatic heterocycles. The molecule has 0 spiro atoms. The summed E-state index contributed by atoms with van der Waals surface area (Å²) in [7, 11) is 1.50. The number of phenolic OH excluding ortho intramolecular Hbond substituents is 1. The molecule has 134 valence electrons. The highest BCUT2D eigenvalue weighted by molar-refractivity contribution is 6.40. The molecule has 27 heavy (non-hydrogen) atoms. The van der Waals surface area contributed by atoms with Crippen LogP contribution in [-0.4, -0.2) is 18.0 Å². The number of halogens is 2. The van der Waals surface area contributed by atoms with Gasteiger partial charge in [0.2, 0.25) is 0 Å². The lowest BCUT2D eigenvalue weighted by atomic mass is 9.80. The van der Waals surface area contributed by atoms with Crippen LogP contribution in [0.1, 0.15) is 32.6 Å². The van der Waals surface area contributed by atoms with Crippen LogP contribution in [0.15, 0.2) is 54.6 Å². The summed E-state index contributed by atoms with van der Waals surface area (Å²) in [5.41, 5.74) is 3.91. The highest BCUT2D eigenvalue weighted by atomic mass is 35.5. The number of carbonyl (C=O) groups excluding carboxylic acids is 1. The van der Waals surface area contributed by atoms with Gasteiger partial charge in [-0.05, 0) is 52.6 Å². The lowest BCUT2D eigenvalue weighted by molar-refractivity contribution is 0.103. The van der Waals surface area contributed by atoms with Crippen LogP contribution in [0.4, 0.5) is 0 Å². The van der Waals surface area contributed by atoms with Crippen LogP contribution in [0.2, 0.25) is 10.0 Å². The van der Waals surface area contributed by atoms with E-state index in [9.17, 15) is 9.90 Å². The fourth-order valence-electron chi connectivity index (χ4n) is 3.35. The summed E-state index contributed by atoms with van der Waals surface area (Å²) in [6, 6.07) is 15.8. The summed E-state index contributed by atoms with van der Waals surface area (Å²) in [6.07, 6.45) is 1.90. The standard InChI is InChI=1S/C22H14Cl2O3/c1-27-19-9-8-12(11-18(19)25)10-15-13-4-2-6-16(23)20(13)22(26)21-14(15)5-3-7-17(21)24/h2-11,25H,1H3. The Morgan fingerprint density at radius 2 is 1.52 bits per heavy atom. The molecule has 0 radical (unpaired) electrons. The number of carbonyl (C=O) groups is 1. The average molecular weight is 397 g/mol. The van der Waals surface area contributed by atoms with Gasteiger partial charge in [0.05, 0.1) is 17.2 Å². The van der Waals surface area contributed by atoms with Gasteiger partial charge < -0.3 is 9.84 Å². The van der Waals surface area contributed by atoms with Crippen molar-refractivity contribution >= 4 is 40.6 Å². The van der Waals surface area contributed by atoms with E-state index >= 15 is 0 Å². The van der Waals surface area contributed by atoms with Crippen molar-refractivity contribution in [3.63, 3.8) is 0 Å². The first kappa shape index (κ1) is 17.7. The second-order valence-corrected chi connectivity index (χ2v) is 6.96. The fourth-order valence-corrected chi connectivity index (χ4v) is 3.87. The van der Waals surface area contributed by atoms with Crippen molar-refractivity contribution in [1.82, 2.24) is 0 Å². The third-order valence-electron chi connectivity index (χ3n) is 4.58. The van der Waals surface area contributed by atoms with E-state index in [1.54, 1.807) is 24.3 Å². The average Bonchev–Trinajstić information content (AvgIpc) is 2.65. The Morgan fingerprint density at radius 3 is 2.04 bits per heavy atom. The highest BCUT2D eigenvalue weighted by Gasteiger charge is 2.30. The minimum Gasteiger partial charge on any atom is -0.504 e. The fraction of sp³-hybridized carbons (Fsp3) is 0.0455. The molecular formula is C22H14Cl2O3. The predicted octanol–water partition coefficient (Wildman–Crippen LogP) is 5.84. The van der Waals surface area contributed by atoms with Crippen molar-refractivity contribution in [3.8, 4) is 11.5 Å². The van der Waals surface area contributed by atoms with Gasteiger partial charge in [-0.2, -0.15) is 0 Å². The van der Waals surface area contributed by atoms with E-state index in [1.165, 1.54) is 7.11 Å². The van der Waals surface area contributed by atoms with Gasteiger partial charge in [-0.15, -0.1) is 0 Å². The smallest absolute Gasteiger partial charge is 0.197 e. The number of fused-ring (bicyclic) bond motifs is 2. The number of hydrogen-bond donors (Lipinski definition) is 1. The molecule has 0 atom stereocenters. The molecular weight excluding hydrogens is 383 g/mol. The molecule has 4 rings (SSSR count). The van der Waals surface area contributed by atoms with Crippen molar-refractivity contribution in [2.24, 2.45) is 0 Å². The molecule has 0 unspecified atom stereocenters. The van der Waals surface area contributed by atoms with Gasteiger partial charge in [0.25, 0.3) is 0 Å². The zero-order valence-corrected chi connectivity index (χ0v) is 15.8. The Kier molecular flexibility index (Phi) is 4.42. The van der Waals surface area contributed by atoms with Crippen LogP contribution >= 0.6 is 23.2 Å². The number of aromatic hydroxyl groups is 1. The van der Waals surface area contributed by atoms with Gasteiger partial charge >= 0.3 is 0 Å². The summed E-state index contributed by atoms with van der Waals surface area (Å²) in [6.45, 7) is 0. The maximum Gasteiger partial charge on any atom is 0.197 e. The zero-order valence-electron chi connectivity index (χ0n) is 14.3. The molecule has 3 aromatic rings. The number of methoxy groups -OCH3 is 1. The van der Waals surface area contributed by atoms with E-state index in [-0.39, 0.29) is 11.5 Å². The van der Waals surface area contributed by atoms with Crippen LogP contribution in [0.3, 0.4) is 0 Å². The van der Waals surface area contributed by atoms with Crippen molar-refractivity contribution in [2.75, 3.05) is 7.11 Å². The Hall–Kier alpha value is -2.75. The van der Waals surface area contributed by atoms with Gasteiger partial charge in [-0.25, -0.2) is 0 Å². The van der Waals surface area contributed by atoms with Gasteiger partial charge in [0, 0.05) is 11.1 Å². The van der Waals surface area contributed by atoms with E-state index < -0.39 is 0 Å². The van der Waals surface area contributed by atoms with Crippen molar-refractivity contribution < 1.29 is 14.6 Å². The van der Waals surface area contributed by atoms with Crippen LogP contribution in [-0.2, 0) is 0 Å². The van der Waals surface area contributed by atoms with Crippen molar-refractivity contribution in [1.29, 1.82) is 0 Å². The lowest BCUT2D eigenvalue weighted by Crippen LogP contribution is -2.15. The predicted molar refractivity (Wildman–Crippen MR) is 108 cm³/mol. The molecule has 0 amide bonds. The second-order valence-electron chi connectivity index (χ2n) is 6.14. The third-order valence-corrected chi connectivity index (χ3v) is 5.21. The van der Waals surface area contributed by atoms with Gasteiger partial charge in [0.15, 0.2) is 17.3 Å². The Balaban J connectivity index is 2.00. The molecule has 1 aliphatic rings. The lowest BCUT2D eigenvalue weighted by Gasteiger charge is -2.23. The monoisotopic (exact) mass is 396 g/mol. The Labute approximate surface area is 166 Å². The Morgan fingerprint density at radius 1 is 0.926 bits per heavy atom. The van der Waals surface area contributed by atoms with E-state index in [0.717, 1.165) is 22.3 Å². The minimum absolute atomic E-state index is 0.0383. The van der Waals surface area contributed by atoms with Crippen molar-refractivity contribution in [3.05, 3.63) is 92.5 Å². The minimum atomic E-state index is -0.189. The number of hydrogen-bond acceptors (Lipinski definition) is 3. The first-order valence-corrected chi connectivity index (χ1v) is 8.98. The zero-order chi connectivity index (χ0) is 19.1. The number of ether oxygens (including phenoxy) is 1. The third kappa shape index (κ3) is 2.89. The molecule has 0 bridgehead atoms. The summed E-state index contributed by atoms with van der Waals surface area (Å²) in [5.74, 6) is 0.241. The molecule has 0 saturated heterocycles.